The lowest BCUT2D eigenvalue weighted by Crippen LogP contribution is -2.30. The first-order valence-electron chi connectivity index (χ1n) is 8.86. The van der Waals surface area contributed by atoms with Crippen LogP contribution in [0.1, 0.15) is 36.9 Å². The minimum Gasteiger partial charge on any atom is -0.494 e. The third-order valence-electron chi connectivity index (χ3n) is 4.11. The van der Waals surface area contributed by atoms with E-state index in [0.717, 1.165) is 11.3 Å². The van der Waals surface area contributed by atoms with Crippen LogP contribution in [0.5, 0.6) is 5.75 Å². The van der Waals surface area contributed by atoms with Gasteiger partial charge in [0.25, 0.3) is 0 Å². The molecule has 2 rings (SSSR count). The van der Waals surface area contributed by atoms with Gasteiger partial charge in [0.2, 0.25) is 5.91 Å². The average Bonchev–Trinajstić information content (AvgIpc) is 2.67. The highest BCUT2D eigenvalue weighted by molar-refractivity contribution is 6.31. The zero-order valence-electron chi connectivity index (χ0n) is 15.5. The van der Waals surface area contributed by atoms with Crippen LogP contribution in [0.3, 0.4) is 0 Å². The minimum atomic E-state index is -0.541. The Morgan fingerprint density at radius 1 is 1.11 bits per heavy atom. The van der Waals surface area contributed by atoms with Crippen LogP contribution >= 0.6 is 11.6 Å². The Hall–Kier alpha value is -2.53. The molecule has 0 saturated carbocycles. The Balaban J connectivity index is 2.05. The van der Waals surface area contributed by atoms with Crippen LogP contribution in [-0.2, 0) is 20.7 Å². The van der Waals surface area contributed by atoms with Crippen molar-refractivity contribution in [1.29, 1.82) is 0 Å². The molecule has 0 aromatic heterocycles. The van der Waals surface area contributed by atoms with Gasteiger partial charge in [0, 0.05) is 11.4 Å². The zero-order chi connectivity index (χ0) is 19.6. The third-order valence-corrected chi connectivity index (χ3v) is 4.45. The van der Waals surface area contributed by atoms with Gasteiger partial charge in [0.05, 0.1) is 26.2 Å². The van der Waals surface area contributed by atoms with Gasteiger partial charge in [-0.15, -0.1) is 0 Å². The second-order valence-corrected chi connectivity index (χ2v) is 6.37. The Bertz CT molecular complexity index is 778. The summed E-state index contributed by atoms with van der Waals surface area (Å²) in [4.78, 5) is 24.3. The molecule has 0 bridgehead atoms. The van der Waals surface area contributed by atoms with Crippen molar-refractivity contribution >= 4 is 23.5 Å². The number of hydrogen-bond acceptors (Lipinski definition) is 4. The minimum absolute atomic E-state index is 0.0154. The largest absolute Gasteiger partial charge is 0.494 e. The Morgan fingerprint density at radius 2 is 1.81 bits per heavy atom. The molecule has 6 heteroatoms. The smallest absolute Gasteiger partial charge is 0.307 e. The van der Waals surface area contributed by atoms with E-state index in [0.29, 0.717) is 23.6 Å². The number of hydrogen-bond donors (Lipinski definition) is 1. The van der Waals surface area contributed by atoms with Crippen LogP contribution in [0.2, 0.25) is 5.02 Å². The number of para-hydroxylation sites is 1. The Labute approximate surface area is 164 Å². The maximum absolute atomic E-state index is 12.5. The summed E-state index contributed by atoms with van der Waals surface area (Å²) < 4.78 is 10.3. The van der Waals surface area contributed by atoms with Crippen molar-refractivity contribution in [1.82, 2.24) is 5.32 Å². The van der Waals surface area contributed by atoms with Gasteiger partial charge >= 0.3 is 5.97 Å². The number of carbonyl (C=O) groups is 2. The molecule has 27 heavy (non-hydrogen) atoms. The topological polar surface area (TPSA) is 64.6 Å². The van der Waals surface area contributed by atoms with Crippen molar-refractivity contribution in [3.63, 3.8) is 0 Å². The fourth-order valence-electron chi connectivity index (χ4n) is 2.77. The SMILES string of the molecule is CCOc1ccccc1CCC(=O)NC(CC(=O)OC)c1ccccc1Cl. The van der Waals surface area contributed by atoms with E-state index in [4.69, 9.17) is 21.1 Å². The lowest BCUT2D eigenvalue weighted by molar-refractivity contribution is -0.141. The number of benzene rings is 2. The number of ether oxygens (including phenoxy) is 2. The summed E-state index contributed by atoms with van der Waals surface area (Å²) in [7, 11) is 1.32. The quantitative estimate of drug-likeness (QED) is 0.656. The van der Waals surface area contributed by atoms with E-state index in [1.807, 2.05) is 37.3 Å². The van der Waals surface area contributed by atoms with E-state index in [2.05, 4.69) is 5.32 Å². The maximum Gasteiger partial charge on any atom is 0.307 e. The predicted molar refractivity (Wildman–Crippen MR) is 105 cm³/mol. The van der Waals surface area contributed by atoms with Gasteiger partial charge in [-0.3, -0.25) is 9.59 Å². The molecule has 1 atom stereocenters. The number of aryl methyl sites for hydroxylation is 1. The molecule has 0 radical (unpaired) electrons. The standard InChI is InChI=1S/C21H24ClNO4/c1-3-27-19-11-7-4-8-15(19)12-13-20(24)23-18(14-21(25)26-2)16-9-5-6-10-17(16)22/h4-11,18H,3,12-14H2,1-2H3,(H,23,24). The van der Waals surface area contributed by atoms with Gasteiger partial charge < -0.3 is 14.8 Å². The molecule has 0 fully saturated rings. The second-order valence-electron chi connectivity index (χ2n) is 5.96. The number of rotatable bonds is 9. The number of carbonyl (C=O) groups excluding carboxylic acids is 2. The molecule has 1 unspecified atom stereocenters. The van der Waals surface area contributed by atoms with E-state index in [9.17, 15) is 9.59 Å². The first-order chi connectivity index (χ1) is 13.0. The van der Waals surface area contributed by atoms with Crippen LogP contribution in [0, 0.1) is 0 Å². The molecule has 0 heterocycles. The Morgan fingerprint density at radius 3 is 2.52 bits per heavy atom. The van der Waals surface area contributed by atoms with Gasteiger partial charge in [-0.25, -0.2) is 0 Å². The molecule has 5 nitrogen and oxygen atoms in total. The lowest BCUT2D eigenvalue weighted by Gasteiger charge is -2.19. The van der Waals surface area contributed by atoms with E-state index in [-0.39, 0.29) is 18.7 Å². The number of amides is 1. The first-order valence-corrected chi connectivity index (χ1v) is 9.24. The van der Waals surface area contributed by atoms with Crippen LogP contribution in [-0.4, -0.2) is 25.6 Å². The molecular formula is C21H24ClNO4. The molecule has 1 N–H and O–H groups in total. The molecular weight excluding hydrogens is 366 g/mol. The fourth-order valence-corrected chi connectivity index (χ4v) is 3.04. The zero-order valence-corrected chi connectivity index (χ0v) is 16.3. The van der Waals surface area contributed by atoms with E-state index in [1.165, 1.54) is 7.11 Å². The monoisotopic (exact) mass is 389 g/mol. The molecule has 0 saturated heterocycles. The Kier molecular flexibility index (Phi) is 8.14. The molecule has 1 amide bonds. The van der Waals surface area contributed by atoms with Gasteiger partial charge in [-0.05, 0) is 36.6 Å². The molecule has 2 aromatic carbocycles. The highest BCUT2D eigenvalue weighted by Crippen LogP contribution is 2.26. The highest BCUT2D eigenvalue weighted by atomic mass is 35.5. The normalized spacial score (nSPS) is 11.5. The van der Waals surface area contributed by atoms with E-state index in [1.54, 1.807) is 18.2 Å². The molecule has 0 aliphatic carbocycles. The van der Waals surface area contributed by atoms with Crippen LogP contribution in [0.4, 0.5) is 0 Å². The van der Waals surface area contributed by atoms with Crippen molar-refractivity contribution in [3.05, 3.63) is 64.7 Å². The summed E-state index contributed by atoms with van der Waals surface area (Å²) in [5.41, 5.74) is 1.66. The summed E-state index contributed by atoms with van der Waals surface area (Å²) in [6.07, 6.45) is 0.823. The predicted octanol–water partition coefficient (Wildman–Crippen LogP) is 4.09. The van der Waals surface area contributed by atoms with Crippen LogP contribution in [0.25, 0.3) is 0 Å². The summed E-state index contributed by atoms with van der Waals surface area (Å²) in [6.45, 7) is 2.49. The molecule has 144 valence electrons. The molecule has 0 spiro atoms. The van der Waals surface area contributed by atoms with Crippen molar-refractivity contribution < 1.29 is 19.1 Å². The molecule has 2 aromatic rings. The van der Waals surface area contributed by atoms with Crippen molar-refractivity contribution in [2.24, 2.45) is 0 Å². The fraction of sp³-hybridized carbons (Fsp3) is 0.333. The first kappa shape index (κ1) is 20.8. The summed E-state index contributed by atoms with van der Waals surface area (Å²) in [5, 5.41) is 3.39. The van der Waals surface area contributed by atoms with E-state index >= 15 is 0 Å². The summed E-state index contributed by atoms with van der Waals surface area (Å²) in [5.74, 6) is 0.196. The highest BCUT2D eigenvalue weighted by Gasteiger charge is 2.21. The van der Waals surface area contributed by atoms with Crippen molar-refractivity contribution in [2.75, 3.05) is 13.7 Å². The average molecular weight is 390 g/mol. The van der Waals surface area contributed by atoms with Crippen molar-refractivity contribution in [3.8, 4) is 5.75 Å². The van der Waals surface area contributed by atoms with E-state index < -0.39 is 12.0 Å². The molecule has 0 aliphatic heterocycles. The molecule has 0 aliphatic rings. The number of methoxy groups -OCH3 is 1. The third kappa shape index (κ3) is 6.29. The van der Waals surface area contributed by atoms with Gasteiger partial charge in [-0.2, -0.15) is 0 Å². The van der Waals surface area contributed by atoms with Crippen LogP contribution < -0.4 is 10.1 Å². The maximum atomic E-state index is 12.5. The van der Waals surface area contributed by atoms with Gasteiger partial charge in [0.1, 0.15) is 5.75 Å². The number of halogens is 1. The second kappa shape index (κ2) is 10.6. The summed E-state index contributed by atoms with van der Waals surface area (Å²) >= 11 is 6.24. The summed E-state index contributed by atoms with van der Waals surface area (Å²) in [6, 6.07) is 14.2. The van der Waals surface area contributed by atoms with Crippen molar-refractivity contribution in [2.45, 2.75) is 32.2 Å². The van der Waals surface area contributed by atoms with Crippen LogP contribution in [0.15, 0.2) is 48.5 Å². The lowest BCUT2D eigenvalue weighted by atomic mass is 10.0. The van der Waals surface area contributed by atoms with Gasteiger partial charge in [-0.1, -0.05) is 48.0 Å². The van der Waals surface area contributed by atoms with Gasteiger partial charge in [0.15, 0.2) is 0 Å². The number of nitrogens with one attached hydrogen (secondary N) is 1. The number of esters is 1.